The molecule has 7 nitrogen and oxygen atoms in total. The van der Waals surface area contributed by atoms with Crippen molar-refractivity contribution >= 4 is 28.6 Å². The van der Waals surface area contributed by atoms with Crippen LogP contribution in [0.15, 0.2) is 48.0 Å². The number of thiazole rings is 1. The minimum atomic E-state index is -1.25. The Balaban J connectivity index is 1.38. The highest BCUT2D eigenvalue weighted by molar-refractivity contribution is 7.13. The molecule has 4 atom stereocenters. The number of nitrogens with zero attached hydrogens (tertiary/aromatic N) is 3. The molecule has 1 saturated heterocycles. The molecule has 1 aliphatic heterocycles. The maximum absolute atomic E-state index is 15.5. The summed E-state index contributed by atoms with van der Waals surface area (Å²) in [6.07, 6.45) is -0.484. The van der Waals surface area contributed by atoms with Crippen LogP contribution in [0, 0.1) is 11.6 Å². The minimum absolute atomic E-state index is 0.0419. The van der Waals surface area contributed by atoms with E-state index in [1.54, 1.807) is 29.2 Å². The molecule has 3 heterocycles. The third-order valence-electron chi connectivity index (χ3n) is 6.54. The number of halogens is 4. The second-order valence-corrected chi connectivity index (χ2v) is 10.3. The van der Waals surface area contributed by atoms with Gasteiger partial charge in [0.15, 0.2) is 6.23 Å². The molecule has 4 N–H and O–H groups in total. The summed E-state index contributed by atoms with van der Waals surface area (Å²) in [5.41, 5.74) is 7.50. The summed E-state index contributed by atoms with van der Waals surface area (Å²) >= 11 is 7.02. The number of hydrogen-bond acceptors (Lipinski definition) is 7. The molecule has 1 aliphatic rings. The molecular formula is C26H25ClF3N5O2S. The van der Waals surface area contributed by atoms with Crippen LogP contribution in [0.1, 0.15) is 36.6 Å². The van der Waals surface area contributed by atoms with Crippen LogP contribution in [0.3, 0.4) is 0 Å². The molecule has 12 heteroatoms. The van der Waals surface area contributed by atoms with E-state index in [0.717, 1.165) is 11.3 Å². The Labute approximate surface area is 226 Å². The van der Waals surface area contributed by atoms with Gasteiger partial charge in [0, 0.05) is 35.2 Å². The van der Waals surface area contributed by atoms with Crippen molar-refractivity contribution in [2.24, 2.45) is 12.8 Å². The van der Waals surface area contributed by atoms with Gasteiger partial charge in [0.1, 0.15) is 34.6 Å². The quantitative estimate of drug-likeness (QED) is 0.258. The summed E-state index contributed by atoms with van der Waals surface area (Å²) in [5, 5.41) is 19.9. The first-order chi connectivity index (χ1) is 18.2. The summed E-state index contributed by atoms with van der Waals surface area (Å²) in [4.78, 5) is 4.42. The van der Waals surface area contributed by atoms with Crippen LogP contribution in [0.2, 0.25) is 5.02 Å². The van der Waals surface area contributed by atoms with Crippen LogP contribution in [0.25, 0.3) is 21.7 Å². The topological polar surface area (TPSA) is 98.2 Å². The van der Waals surface area contributed by atoms with Gasteiger partial charge < -0.3 is 20.9 Å². The Morgan fingerprint density at radius 3 is 2.66 bits per heavy atom. The molecule has 38 heavy (non-hydrogen) atoms. The molecule has 1 fully saturated rings. The number of ether oxygens (including phenoxy) is 1. The largest absolute Gasteiger partial charge is 0.369 e. The summed E-state index contributed by atoms with van der Waals surface area (Å²) in [5.74, 6) is -1.36. The smallest absolute Gasteiger partial charge is 0.169 e. The lowest BCUT2D eigenvalue weighted by Gasteiger charge is -2.19. The number of benzene rings is 2. The fourth-order valence-electron chi connectivity index (χ4n) is 4.47. The lowest BCUT2D eigenvalue weighted by molar-refractivity contribution is 0.0246. The zero-order chi connectivity index (χ0) is 27.0. The van der Waals surface area contributed by atoms with E-state index in [0.29, 0.717) is 29.2 Å². The maximum Gasteiger partial charge on any atom is 0.169 e. The highest BCUT2D eigenvalue weighted by atomic mass is 35.5. The zero-order valence-electron chi connectivity index (χ0n) is 20.2. The van der Waals surface area contributed by atoms with Gasteiger partial charge in [0.2, 0.25) is 0 Å². The van der Waals surface area contributed by atoms with Crippen molar-refractivity contribution in [3.05, 3.63) is 76.0 Å². The fraction of sp³-hybridized carbons (Fsp3) is 0.308. The van der Waals surface area contributed by atoms with Gasteiger partial charge in [-0.05, 0) is 25.0 Å². The number of hydrogen-bond donors (Lipinski definition) is 3. The predicted molar refractivity (Wildman–Crippen MR) is 141 cm³/mol. The van der Waals surface area contributed by atoms with Crippen LogP contribution in [0.5, 0.6) is 0 Å². The monoisotopic (exact) mass is 563 g/mol. The Kier molecular flexibility index (Phi) is 7.73. The number of aliphatic hydroxyl groups excluding tert-OH is 1. The van der Waals surface area contributed by atoms with Gasteiger partial charge in [0.05, 0.1) is 29.2 Å². The Morgan fingerprint density at radius 1 is 1.16 bits per heavy atom. The lowest BCUT2D eigenvalue weighted by Crippen LogP contribution is -2.32. The van der Waals surface area contributed by atoms with Gasteiger partial charge in [-0.15, -0.1) is 11.3 Å². The van der Waals surface area contributed by atoms with Crippen molar-refractivity contribution in [1.82, 2.24) is 14.8 Å². The van der Waals surface area contributed by atoms with E-state index in [1.165, 1.54) is 30.5 Å². The Bertz CT molecular complexity index is 1440. The third kappa shape index (κ3) is 5.16. The van der Waals surface area contributed by atoms with Crippen LogP contribution >= 0.6 is 22.9 Å². The first-order valence-electron chi connectivity index (χ1n) is 11.9. The Hall–Kier alpha value is -2.96. The summed E-state index contributed by atoms with van der Waals surface area (Å²) in [6.45, 7) is -0.127. The van der Waals surface area contributed by atoms with E-state index in [2.05, 4.69) is 15.4 Å². The van der Waals surface area contributed by atoms with Crippen molar-refractivity contribution in [1.29, 1.82) is 0 Å². The van der Waals surface area contributed by atoms with Crippen molar-refractivity contribution in [2.75, 3.05) is 11.9 Å². The number of aromatic nitrogens is 3. The summed E-state index contributed by atoms with van der Waals surface area (Å²) < 4.78 is 51.4. The second kappa shape index (κ2) is 11.0. The highest BCUT2D eigenvalue weighted by Gasteiger charge is 2.30. The summed E-state index contributed by atoms with van der Waals surface area (Å²) in [6, 6.07) is 8.41. The molecule has 0 radical (unpaired) electrons. The number of aliphatic hydroxyl groups is 1. The first kappa shape index (κ1) is 26.6. The van der Waals surface area contributed by atoms with Gasteiger partial charge in [-0.2, -0.15) is 5.10 Å². The molecule has 0 spiro atoms. The highest BCUT2D eigenvalue weighted by Crippen LogP contribution is 2.37. The maximum atomic E-state index is 15.5. The van der Waals surface area contributed by atoms with E-state index in [4.69, 9.17) is 22.1 Å². The standard InChI is InChI=1S/C26H25ClF3N5O2S/c1-35-24(21-9-8-18(31)17(28)11-37-21)19(10-32-35)33-25(36)20-12-38-26(34-20)15-6-2-4-13(22(15)29)14-5-3-7-16(27)23(14)30/h2-7,10,12,17-18,21,25,33,36H,8-9,11,31H2,1H3. The minimum Gasteiger partial charge on any atom is -0.369 e. The van der Waals surface area contributed by atoms with Gasteiger partial charge in [-0.3, -0.25) is 4.68 Å². The normalized spacial score (nSPS) is 20.8. The van der Waals surface area contributed by atoms with E-state index >= 15 is 4.39 Å². The van der Waals surface area contributed by atoms with Crippen molar-refractivity contribution in [2.45, 2.75) is 37.4 Å². The van der Waals surface area contributed by atoms with Gasteiger partial charge in [-0.25, -0.2) is 18.2 Å². The number of rotatable bonds is 6. The molecular weight excluding hydrogens is 539 g/mol. The molecule has 0 aliphatic carbocycles. The Morgan fingerprint density at radius 2 is 1.87 bits per heavy atom. The molecule has 2 aromatic carbocycles. The van der Waals surface area contributed by atoms with E-state index in [9.17, 15) is 13.9 Å². The molecule has 200 valence electrons. The van der Waals surface area contributed by atoms with Crippen molar-refractivity contribution < 1.29 is 23.0 Å². The van der Waals surface area contributed by atoms with Crippen LogP contribution in [0.4, 0.5) is 18.9 Å². The third-order valence-corrected chi connectivity index (χ3v) is 7.72. The number of alkyl halides is 1. The zero-order valence-corrected chi connectivity index (χ0v) is 21.8. The molecule has 4 unspecified atom stereocenters. The second-order valence-electron chi connectivity index (χ2n) is 9.04. The number of aryl methyl sites for hydroxylation is 1. The molecule has 0 bridgehead atoms. The molecule has 0 saturated carbocycles. The fourth-order valence-corrected chi connectivity index (χ4v) is 5.50. The van der Waals surface area contributed by atoms with Gasteiger partial charge in [-0.1, -0.05) is 35.9 Å². The number of nitrogens with two attached hydrogens (primary N) is 1. The molecule has 0 amide bonds. The SMILES string of the molecule is Cn1ncc(NC(O)c2csc(-c3cccc(-c4cccc(Cl)c4F)c3F)n2)c1C1CCC(N)C(F)CO1. The van der Waals surface area contributed by atoms with Crippen LogP contribution in [-0.4, -0.2) is 38.7 Å². The first-order valence-corrected chi connectivity index (χ1v) is 13.2. The van der Waals surface area contributed by atoms with E-state index < -0.39 is 36.2 Å². The number of nitrogens with one attached hydrogen (secondary N) is 1. The van der Waals surface area contributed by atoms with E-state index in [-0.39, 0.29) is 34.0 Å². The molecule has 4 aromatic rings. The predicted octanol–water partition coefficient (Wildman–Crippen LogP) is 5.76. The average Bonchev–Trinajstić information content (AvgIpc) is 3.49. The number of anilines is 1. The van der Waals surface area contributed by atoms with Crippen LogP contribution < -0.4 is 11.1 Å². The molecule has 2 aromatic heterocycles. The molecule has 5 rings (SSSR count). The lowest BCUT2D eigenvalue weighted by atomic mass is 10.0. The van der Waals surface area contributed by atoms with Gasteiger partial charge in [0.25, 0.3) is 0 Å². The summed E-state index contributed by atoms with van der Waals surface area (Å²) in [7, 11) is 1.73. The van der Waals surface area contributed by atoms with Crippen molar-refractivity contribution in [3.8, 4) is 21.7 Å². The van der Waals surface area contributed by atoms with Gasteiger partial charge >= 0.3 is 0 Å². The van der Waals surface area contributed by atoms with Crippen molar-refractivity contribution in [3.63, 3.8) is 0 Å². The van der Waals surface area contributed by atoms with E-state index in [1.807, 2.05) is 0 Å². The average molecular weight is 564 g/mol. The van der Waals surface area contributed by atoms with Crippen LogP contribution in [-0.2, 0) is 11.8 Å².